The van der Waals surface area contributed by atoms with Crippen LogP contribution in [0.4, 0.5) is 0 Å². The van der Waals surface area contributed by atoms with E-state index in [-0.39, 0.29) is 5.92 Å². The Morgan fingerprint density at radius 2 is 2.20 bits per heavy atom. The normalized spacial score (nSPS) is 20.6. The van der Waals surface area contributed by atoms with Crippen molar-refractivity contribution < 1.29 is 14.6 Å². The fraction of sp³-hybridized carbons (Fsp3) is 0.750. The predicted octanol–water partition coefficient (Wildman–Crippen LogP) is 2.47. The van der Waals surface area contributed by atoms with E-state index >= 15 is 0 Å². The van der Waals surface area contributed by atoms with E-state index < -0.39 is 5.97 Å². The second-order valence-corrected chi connectivity index (χ2v) is 4.19. The molecule has 0 aliphatic carbocycles. The van der Waals surface area contributed by atoms with Gasteiger partial charge >= 0.3 is 5.97 Å². The van der Waals surface area contributed by atoms with Crippen LogP contribution in [0.3, 0.4) is 0 Å². The first-order valence-electron chi connectivity index (χ1n) is 5.67. The van der Waals surface area contributed by atoms with Crippen LogP contribution in [0.5, 0.6) is 0 Å². The maximum absolute atomic E-state index is 10.6. The van der Waals surface area contributed by atoms with Crippen LogP contribution in [-0.4, -0.2) is 24.3 Å². The molecule has 1 rings (SSSR count). The van der Waals surface area contributed by atoms with Gasteiger partial charge in [-0.3, -0.25) is 4.79 Å². The molecule has 1 aliphatic heterocycles. The quantitative estimate of drug-likeness (QED) is 0.712. The monoisotopic (exact) mass is 212 g/mol. The van der Waals surface area contributed by atoms with Crippen molar-refractivity contribution in [1.29, 1.82) is 0 Å². The highest BCUT2D eigenvalue weighted by Gasteiger charge is 2.11. The maximum Gasteiger partial charge on any atom is 0.306 e. The zero-order valence-corrected chi connectivity index (χ0v) is 9.32. The number of ether oxygens (including phenoxy) is 1. The van der Waals surface area contributed by atoms with Gasteiger partial charge < -0.3 is 9.84 Å². The lowest BCUT2D eigenvalue weighted by atomic mass is 9.98. The molecule has 0 amide bonds. The minimum Gasteiger partial charge on any atom is -0.481 e. The van der Waals surface area contributed by atoms with Gasteiger partial charge in [0.15, 0.2) is 0 Å². The van der Waals surface area contributed by atoms with Gasteiger partial charge in [-0.25, -0.2) is 0 Å². The van der Waals surface area contributed by atoms with E-state index in [4.69, 9.17) is 9.84 Å². The fourth-order valence-electron chi connectivity index (χ4n) is 1.67. The van der Waals surface area contributed by atoms with Gasteiger partial charge in [0.25, 0.3) is 0 Å². The van der Waals surface area contributed by atoms with Gasteiger partial charge in [0, 0.05) is 13.2 Å². The summed E-state index contributed by atoms with van der Waals surface area (Å²) in [6.45, 7) is 3.48. The fourth-order valence-corrected chi connectivity index (χ4v) is 1.67. The Labute approximate surface area is 91.1 Å². The summed E-state index contributed by atoms with van der Waals surface area (Å²) >= 11 is 0. The molecule has 0 bridgehead atoms. The summed E-state index contributed by atoms with van der Waals surface area (Å²) in [5, 5.41) is 8.69. The van der Waals surface area contributed by atoms with Crippen LogP contribution in [-0.2, 0) is 9.53 Å². The number of allylic oxidation sites excluding steroid dienone is 2. The average molecular weight is 212 g/mol. The molecule has 3 heteroatoms. The van der Waals surface area contributed by atoms with E-state index in [2.05, 4.69) is 12.2 Å². The lowest BCUT2D eigenvalue weighted by Gasteiger charge is -2.18. The third kappa shape index (κ3) is 4.98. The van der Waals surface area contributed by atoms with Crippen molar-refractivity contribution in [3.05, 3.63) is 12.2 Å². The number of aliphatic carboxylic acids is 1. The van der Waals surface area contributed by atoms with Gasteiger partial charge in [0.05, 0.1) is 5.92 Å². The smallest absolute Gasteiger partial charge is 0.306 e. The average Bonchev–Trinajstić information content (AvgIpc) is 2.25. The molecule has 1 saturated heterocycles. The Bertz CT molecular complexity index is 217. The lowest BCUT2D eigenvalue weighted by Crippen LogP contribution is -2.13. The highest BCUT2D eigenvalue weighted by atomic mass is 16.5. The molecule has 1 aliphatic rings. The standard InChI is InChI=1S/C12H20O3/c1-10(12(13)14)4-2-3-5-11-6-8-15-9-7-11/h3,5,10-11H,2,4,6-9H2,1H3,(H,13,14)/b5-3+. The number of carbonyl (C=O) groups is 1. The predicted molar refractivity (Wildman–Crippen MR) is 58.7 cm³/mol. The van der Waals surface area contributed by atoms with Crippen molar-refractivity contribution in [2.45, 2.75) is 32.6 Å². The molecule has 0 saturated carbocycles. The van der Waals surface area contributed by atoms with Gasteiger partial charge in [-0.15, -0.1) is 0 Å². The van der Waals surface area contributed by atoms with Crippen LogP contribution < -0.4 is 0 Å². The van der Waals surface area contributed by atoms with Gasteiger partial charge in [-0.05, 0) is 31.6 Å². The van der Waals surface area contributed by atoms with Crippen LogP contribution in [0.2, 0.25) is 0 Å². The van der Waals surface area contributed by atoms with E-state index in [1.165, 1.54) is 0 Å². The van der Waals surface area contributed by atoms with E-state index in [1.807, 2.05) is 0 Å². The second kappa shape index (κ2) is 6.62. The summed E-state index contributed by atoms with van der Waals surface area (Å²) in [5.74, 6) is -0.294. The number of carboxylic acids is 1. The summed E-state index contributed by atoms with van der Waals surface area (Å²) in [7, 11) is 0. The molecule has 0 aromatic rings. The van der Waals surface area contributed by atoms with E-state index in [1.54, 1.807) is 6.92 Å². The Balaban J connectivity index is 2.12. The summed E-state index contributed by atoms with van der Waals surface area (Å²) in [6.07, 6.45) is 8.14. The lowest BCUT2D eigenvalue weighted by molar-refractivity contribution is -0.141. The molecule has 1 fully saturated rings. The molecule has 3 nitrogen and oxygen atoms in total. The van der Waals surface area contributed by atoms with Crippen LogP contribution in [0, 0.1) is 11.8 Å². The number of hydrogen-bond donors (Lipinski definition) is 1. The highest BCUT2D eigenvalue weighted by Crippen LogP contribution is 2.16. The molecule has 0 radical (unpaired) electrons. The Hall–Kier alpha value is -0.830. The van der Waals surface area contributed by atoms with Gasteiger partial charge in [-0.2, -0.15) is 0 Å². The van der Waals surface area contributed by atoms with Crippen LogP contribution in [0.15, 0.2) is 12.2 Å². The highest BCUT2D eigenvalue weighted by molar-refractivity contribution is 5.69. The number of carboxylic acid groups (broad SMARTS) is 1. The molecule has 86 valence electrons. The maximum atomic E-state index is 10.6. The number of hydrogen-bond acceptors (Lipinski definition) is 2. The Kier molecular flexibility index (Phi) is 5.40. The Morgan fingerprint density at radius 1 is 1.53 bits per heavy atom. The Morgan fingerprint density at radius 3 is 2.80 bits per heavy atom. The van der Waals surface area contributed by atoms with E-state index in [0.29, 0.717) is 5.92 Å². The molecule has 1 heterocycles. The first-order valence-corrected chi connectivity index (χ1v) is 5.67. The van der Waals surface area contributed by atoms with E-state index in [9.17, 15) is 4.79 Å². The van der Waals surface area contributed by atoms with E-state index in [0.717, 1.165) is 38.9 Å². The summed E-state index contributed by atoms with van der Waals surface area (Å²) in [5.41, 5.74) is 0. The second-order valence-electron chi connectivity index (χ2n) is 4.19. The summed E-state index contributed by atoms with van der Waals surface area (Å²) in [6, 6.07) is 0. The first kappa shape index (κ1) is 12.2. The van der Waals surface area contributed by atoms with Crippen LogP contribution in [0.1, 0.15) is 32.6 Å². The molecule has 0 aromatic heterocycles. The minimum absolute atomic E-state index is 0.232. The van der Waals surface area contributed by atoms with Crippen molar-refractivity contribution in [3.8, 4) is 0 Å². The molecule has 1 atom stereocenters. The molecule has 1 N–H and O–H groups in total. The van der Waals surface area contributed by atoms with Crippen molar-refractivity contribution in [2.75, 3.05) is 13.2 Å². The first-order chi connectivity index (χ1) is 7.20. The van der Waals surface area contributed by atoms with Crippen molar-refractivity contribution >= 4 is 5.97 Å². The molecular formula is C12H20O3. The SMILES string of the molecule is CC(CC/C=C/C1CCOCC1)C(=O)O. The zero-order chi connectivity index (χ0) is 11.1. The van der Waals surface area contributed by atoms with Crippen molar-refractivity contribution in [2.24, 2.45) is 11.8 Å². The molecule has 15 heavy (non-hydrogen) atoms. The summed E-state index contributed by atoms with van der Waals surface area (Å²) < 4.78 is 5.26. The summed E-state index contributed by atoms with van der Waals surface area (Å²) in [4.78, 5) is 10.6. The number of rotatable bonds is 5. The van der Waals surface area contributed by atoms with Crippen LogP contribution >= 0.6 is 0 Å². The van der Waals surface area contributed by atoms with Gasteiger partial charge in [0.2, 0.25) is 0 Å². The van der Waals surface area contributed by atoms with Gasteiger partial charge in [-0.1, -0.05) is 19.1 Å². The van der Waals surface area contributed by atoms with Crippen molar-refractivity contribution in [3.63, 3.8) is 0 Å². The third-order valence-electron chi connectivity index (χ3n) is 2.86. The van der Waals surface area contributed by atoms with Crippen LogP contribution in [0.25, 0.3) is 0 Å². The zero-order valence-electron chi connectivity index (χ0n) is 9.32. The van der Waals surface area contributed by atoms with Gasteiger partial charge in [0.1, 0.15) is 0 Å². The molecular weight excluding hydrogens is 192 g/mol. The van der Waals surface area contributed by atoms with Crippen molar-refractivity contribution in [1.82, 2.24) is 0 Å². The molecule has 0 spiro atoms. The third-order valence-corrected chi connectivity index (χ3v) is 2.86. The molecule has 1 unspecified atom stereocenters. The topological polar surface area (TPSA) is 46.5 Å². The minimum atomic E-state index is -0.700. The largest absolute Gasteiger partial charge is 0.481 e. The molecule has 0 aromatic carbocycles.